The molecule has 18 heavy (non-hydrogen) atoms. The summed E-state index contributed by atoms with van der Waals surface area (Å²) in [4.78, 5) is 25.6. The lowest BCUT2D eigenvalue weighted by Crippen LogP contribution is -2.55. The third-order valence-electron chi connectivity index (χ3n) is 2.73. The molecule has 1 amide bonds. The minimum absolute atomic E-state index is 0.253. The summed E-state index contributed by atoms with van der Waals surface area (Å²) < 4.78 is 10.0. The molecule has 1 aromatic heterocycles. The van der Waals surface area contributed by atoms with Crippen molar-refractivity contribution in [1.29, 1.82) is 0 Å². The average Bonchev–Trinajstić information content (AvgIpc) is 2.78. The fourth-order valence-electron chi connectivity index (χ4n) is 1.70. The molecule has 0 aromatic carbocycles. The summed E-state index contributed by atoms with van der Waals surface area (Å²) in [6, 6.07) is 3.33. The molecule has 0 spiro atoms. The number of carbonyl (C=O) groups is 2. The third-order valence-corrected chi connectivity index (χ3v) is 3.58. The van der Waals surface area contributed by atoms with E-state index in [4.69, 9.17) is 9.47 Å². The second-order valence-electron chi connectivity index (χ2n) is 3.88. The Morgan fingerprint density at radius 1 is 1.50 bits per heavy atom. The van der Waals surface area contributed by atoms with E-state index in [-0.39, 0.29) is 12.6 Å². The minimum Gasteiger partial charge on any atom is -0.464 e. The van der Waals surface area contributed by atoms with Gasteiger partial charge in [0.2, 0.25) is 0 Å². The molecule has 0 saturated carbocycles. The van der Waals surface area contributed by atoms with E-state index < -0.39 is 12.1 Å². The van der Waals surface area contributed by atoms with Crippen LogP contribution in [0.2, 0.25) is 0 Å². The van der Waals surface area contributed by atoms with Gasteiger partial charge in [-0.1, -0.05) is 6.07 Å². The van der Waals surface area contributed by atoms with Gasteiger partial charge in [-0.05, 0) is 24.8 Å². The second kappa shape index (κ2) is 5.86. The van der Waals surface area contributed by atoms with Gasteiger partial charge in [-0.15, -0.1) is 11.3 Å². The minimum atomic E-state index is -0.471. The molecule has 0 N–H and O–H groups in total. The van der Waals surface area contributed by atoms with Crippen molar-refractivity contribution < 1.29 is 19.1 Å². The normalized spacial score (nSPS) is 18.1. The Hall–Kier alpha value is -1.56. The first-order chi connectivity index (χ1) is 8.72. The van der Waals surface area contributed by atoms with E-state index in [9.17, 15) is 9.59 Å². The zero-order valence-corrected chi connectivity index (χ0v) is 10.9. The quantitative estimate of drug-likeness (QED) is 0.785. The average molecular weight is 269 g/mol. The zero-order chi connectivity index (χ0) is 13.0. The zero-order valence-electron chi connectivity index (χ0n) is 10.1. The standard InChI is InChI=1S/C12H15NO4S/c1-2-16-11(14)10-5-6-13(10)12(15)17-8-9-4-3-7-18-9/h3-4,7,10H,2,5-6,8H2,1H3/t10-/m0/s1. The van der Waals surface area contributed by atoms with Crippen LogP contribution in [-0.2, 0) is 20.9 Å². The van der Waals surface area contributed by atoms with Crippen molar-refractivity contribution in [2.75, 3.05) is 13.2 Å². The van der Waals surface area contributed by atoms with Crippen LogP contribution in [0.5, 0.6) is 0 Å². The maximum atomic E-state index is 11.7. The number of esters is 1. The molecule has 1 aromatic rings. The molecule has 0 unspecified atom stereocenters. The molecule has 6 heteroatoms. The van der Waals surface area contributed by atoms with Crippen LogP contribution in [0.4, 0.5) is 4.79 Å². The van der Waals surface area contributed by atoms with Gasteiger partial charge in [-0.2, -0.15) is 0 Å². The molecule has 0 bridgehead atoms. The Bertz CT molecular complexity index is 418. The molecular formula is C12H15NO4S. The van der Waals surface area contributed by atoms with Crippen LogP contribution in [-0.4, -0.2) is 36.2 Å². The van der Waals surface area contributed by atoms with E-state index in [1.54, 1.807) is 6.92 Å². The van der Waals surface area contributed by atoms with Crippen LogP contribution < -0.4 is 0 Å². The summed E-state index contributed by atoms with van der Waals surface area (Å²) >= 11 is 1.53. The number of rotatable bonds is 4. The monoisotopic (exact) mass is 269 g/mol. The molecule has 1 fully saturated rings. The predicted molar refractivity (Wildman–Crippen MR) is 66.2 cm³/mol. The van der Waals surface area contributed by atoms with E-state index in [2.05, 4.69) is 0 Å². The van der Waals surface area contributed by atoms with E-state index in [1.807, 2.05) is 17.5 Å². The Morgan fingerprint density at radius 2 is 2.33 bits per heavy atom. The summed E-state index contributed by atoms with van der Waals surface area (Å²) in [6.45, 7) is 2.87. The largest absolute Gasteiger partial charge is 0.464 e. The first kappa shape index (κ1) is 12.9. The number of hydrogen-bond donors (Lipinski definition) is 0. The van der Waals surface area contributed by atoms with Crippen LogP contribution in [0, 0.1) is 0 Å². The summed E-state index contributed by atoms with van der Waals surface area (Å²) in [7, 11) is 0. The highest BCUT2D eigenvalue weighted by Gasteiger charge is 2.39. The van der Waals surface area contributed by atoms with Gasteiger partial charge in [-0.25, -0.2) is 9.59 Å². The number of likely N-dealkylation sites (tertiary alicyclic amines) is 1. The van der Waals surface area contributed by atoms with Gasteiger partial charge in [-0.3, -0.25) is 4.90 Å². The van der Waals surface area contributed by atoms with Crippen LogP contribution in [0.1, 0.15) is 18.2 Å². The molecule has 0 radical (unpaired) electrons. The highest BCUT2D eigenvalue weighted by Crippen LogP contribution is 2.20. The molecule has 2 rings (SSSR count). The smallest absolute Gasteiger partial charge is 0.410 e. The van der Waals surface area contributed by atoms with Gasteiger partial charge in [0.05, 0.1) is 6.61 Å². The first-order valence-corrected chi connectivity index (χ1v) is 6.72. The second-order valence-corrected chi connectivity index (χ2v) is 4.92. The summed E-state index contributed by atoms with van der Waals surface area (Å²) in [5.74, 6) is -0.350. The van der Waals surface area contributed by atoms with Gasteiger partial charge in [0, 0.05) is 11.4 Å². The molecule has 1 atom stereocenters. The fraction of sp³-hybridized carbons (Fsp3) is 0.500. The van der Waals surface area contributed by atoms with Crippen LogP contribution in [0.15, 0.2) is 17.5 Å². The van der Waals surface area contributed by atoms with Gasteiger partial charge in [0.1, 0.15) is 12.6 Å². The number of nitrogens with zero attached hydrogens (tertiary/aromatic N) is 1. The Balaban J connectivity index is 1.80. The highest BCUT2D eigenvalue weighted by molar-refractivity contribution is 7.09. The molecule has 98 valence electrons. The Kier molecular flexibility index (Phi) is 4.19. The van der Waals surface area contributed by atoms with Gasteiger partial charge >= 0.3 is 12.1 Å². The van der Waals surface area contributed by atoms with E-state index in [0.29, 0.717) is 19.6 Å². The number of thiophene rings is 1. The highest BCUT2D eigenvalue weighted by atomic mass is 32.1. The van der Waals surface area contributed by atoms with Crippen LogP contribution in [0.3, 0.4) is 0 Å². The maximum absolute atomic E-state index is 11.7. The Labute approximate surface area is 109 Å². The van der Waals surface area contributed by atoms with Crippen molar-refractivity contribution in [3.05, 3.63) is 22.4 Å². The molecular weight excluding hydrogens is 254 g/mol. The first-order valence-electron chi connectivity index (χ1n) is 5.84. The summed E-state index contributed by atoms with van der Waals surface area (Å²) in [6.07, 6.45) is 0.195. The molecule has 0 aliphatic carbocycles. The molecule has 2 heterocycles. The lowest BCUT2D eigenvalue weighted by Gasteiger charge is -2.37. The number of hydrogen-bond acceptors (Lipinski definition) is 5. The molecule has 1 aliphatic heterocycles. The van der Waals surface area contributed by atoms with Gasteiger partial charge in [0.15, 0.2) is 0 Å². The van der Waals surface area contributed by atoms with Gasteiger partial charge < -0.3 is 9.47 Å². The molecule has 1 aliphatic rings. The third kappa shape index (κ3) is 2.81. The van der Waals surface area contributed by atoms with Crippen molar-refractivity contribution in [2.45, 2.75) is 26.0 Å². The lowest BCUT2D eigenvalue weighted by atomic mass is 10.0. The van der Waals surface area contributed by atoms with Gasteiger partial charge in [0.25, 0.3) is 0 Å². The van der Waals surface area contributed by atoms with Crippen molar-refractivity contribution in [2.24, 2.45) is 0 Å². The van der Waals surface area contributed by atoms with Crippen molar-refractivity contribution in [1.82, 2.24) is 4.90 Å². The summed E-state index contributed by atoms with van der Waals surface area (Å²) in [5, 5.41) is 1.92. The number of ether oxygens (including phenoxy) is 2. The van der Waals surface area contributed by atoms with E-state index in [1.165, 1.54) is 16.2 Å². The Morgan fingerprint density at radius 3 is 2.89 bits per heavy atom. The van der Waals surface area contributed by atoms with Crippen LogP contribution >= 0.6 is 11.3 Å². The lowest BCUT2D eigenvalue weighted by molar-refractivity contribution is -0.153. The predicted octanol–water partition coefficient (Wildman–Crippen LogP) is 2.02. The number of amides is 1. The molecule has 1 saturated heterocycles. The number of carbonyl (C=O) groups excluding carboxylic acids is 2. The SMILES string of the molecule is CCOC(=O)[C@@H]1CCN1C(=O)OCc1cccs1. The summed E-state index contributed by atoms with van der Waals surface area (Å²) in [5.41, 5.74) is 0. The van der Waals surface area contributed by atoms with Crippen molar-refractivity contribution >= 4 is 23.4 Å². The van der Waals surface area contributed by atoms with Crippen molar-refractivity contribution in [3.8, 4) is 0 Å². The topological polar surface area (TPSA) is 55.8 Å². The van der Waals surface area contributed by atoms with Crippen molar-refractivity contribution in [3.63, 3.8) is 0 Å². The van der Waals surface area contributed by atoms with E-state index in [0.717, 1.165) is 4.88 Å². The fourth-order valence-corrected chi connectivity index (χ4v) is 2.32. The van der Waals surface area contributed by atoms with E-state index >= 15 is 0 Å². The maximum Gasteiger partial charge on any atom is 0.410 e. The van der Waals surface area contributed by atoms with Crippen LogP contribution in [0.25, 0.3) is 0 Å². The molecule has 5 nitrogen and oxygen atoms in total.